The van der Waals surface area contributed by atoms with E-state index in [0.717, 1.165) is 0 Å². The van der Waals surface area contributed by atoms with E-state index >= 15 is 0 Å². The van der Waals surface area contributed by atoms with Crippen LogP contribution < -0.4 is 11.1 Å². The maximum atomic E-state index is 12.9. The van der Waals surface area contributed by atoms with Crippen LogP contribution in [0.5, 0.6) is 0 Å². The van der Waals surface area contributed by atoms with Gasteiger partial charge in [0.15, 0.2) is 5.11 Å². The summed E-state index contributed by atoms with van der Waals surface area (Å²) < 4.78 is 77.2. The van der Waals surface area contributed by atoms with Crippen LogP contribution in [-0.4, -0.2) is 23.5 Å². The molecule has 2 rings (SSSR count). The summed E-state index contributed by atoms with van der Waals surface area (Å²) in [6.07, 6.45) is -9.83. The fraction of sp³-hybridized carbons (Fsp3) is 0.429. The van der Waals surface area contributed by atoms with Gasteiger partial charge in [0, 0.05) is 24.9 Å². The van der Waals surface area contributed by atoms with Gasteiger partial charge in [-0.05, 0) is 30.4 Å². The minimum Gasteiger partial charge on any atom is -0.392 e. The lowest BCUT2D eigenvalue weighted by atomic mass is 9.98. The number of rotatable bonds is 4. The molecule has 1 aliphatic rings. The van der Waals surface area contributed by atoms with Crippen LogP contribution in [0.4, 0.5) is 26.3 Å². The highest BCUT2D eigenvalue weighted by Crippen LogP contribution is 2.37. The van der Waals surface area contributed by atoms with Crippen molar-refractivity contribution in [2.45, 2.75) is 31.3 Å². The number of nitrogens with two attached hydrogens (primary N) is 1. The van der Waals surface area contributed by atoms with Gasteiger partial charge in [-0.3, -0.25) is 0 Å². The Morgan fingerprint density at radius 1 is 1.16 bits per heavy atom. The Bertz CT molecular complexity index is 654. The second kappa shape index (κ2) is 7.06. The molecule has 3 N–H and O–H groups in total. The van der Waals surface area contributed by atoms with Gasteiger partial charge in [-0.2, -0.15) is 26.3 Å². The van der Waals surface area contributed by atoms with E-state index < -0.39 is 29.6 Å². The summed E-state index contributed by atoms with van der Waals surface area (Å²) in [4.78, 5) is 5.05. The third kappa shape index (κ3) is 5.21. The molecule has 0 aliphatic carbocycles. The second-order valence-corrected chi connectivity index (χ2v) is 5.78. The van der Waals surface area contributed by atoms with Crippen molar-refractivity contribution in [3.63, 3.8) is 0 Å². The molecule has 1 atom stereocenters. The van der Waals surface area contributed by atoms with Gasteiger partial charge in [0.1, 0.15) is 6.10 Å². The van der Waals surface area contributed by atoms with Crippen LogP contribution in [0.25, 0.3) is 0 Å². The molecule has 11 heteroatoms. The highest BCUT2D eigenvalue weighted by atomic mass is 32.1. The summed E-state index contributed by atoms with van der Waals surface area (Å²) in [6, 6.07) is 1.34. The van der Waals surface area contributed by atoms with Gasteiger partial charge in [0.2, 0.25) is 0 Å². The van der Waals surface area contributed by atoms with Gasteiger partial charge in [0.25, 0.3) is 0 Å². The van der Waals surface area contributed by atoms with Gasteiger partial charge in [-0.1, -0.05) is 5.16 Å². The van der Waals surface area contributed by atoms with E-state index in [1.165, 1.54) is 0 Å². The molecular weight excluding hydrogens is 372 g/mol. The fourth-order valence-corrected chi connectivity index (χ4v) is 2.33. The van der Waals surface area contributed by atoms with Gasteiger partial charge >= 0.3 is 12.4 Å². The summed E-state index contributed by atoms with van der Waals surface area (Å²) >= 11 is 4.62. The lowest BCUT2D eigenvalue weighted by molar-refractivity contribution is -0.143. The van der Waals surface area contributed by atoms with E-state index in [0.29, 0.717) is 25.1 Å². The lowest BCUT2D eigenvalue weighted by Gasteiger charge is -2.14. The molecule has 1 aliphatic heterocycles. The van der Waals surface area contributed by atoms with Crippen LogP contribution in [0.3, 0.4) is 0 Å². The number of hydrogen-bond acceptors (Lipinski definition) is 3. The van der Waals surface area contributed by atoms with Gasteiger partial charge < -0.3 is 15.9 Å². The Morgan fingerprint density at radius 3 is 2.20 bits per heavy atom. The summed E-state index contributed by atoms with van der Waals surface area (Å²) in [7, 11) is 0. The predicted octanol–water partition coefficient (Wildman–Crippen LogP) is 3.44. The van der Waals surface area contributed by atoms with Crippen LogP contribution in [0.1, 0.15) is 29.5 Å². The molecule has 0 saturated heterocycles. The van der Waals surface area contributed by atoms with Crippen molar-refractivity contribution >= 4 is 23.0 Å². The number of nitrogens with one attached hydrogen (secondary N) is 1. The first-order valence-corrected chi connectivity index (χ1v) is 7.43. The van der Waals surface area contributed by atoms with Crippen LogP contribution in [0.2, 0.25) is 0 Å². The standard InChI is InChI=1S/C14H13F6N3OS/c15-13(16,17)8-3-7(4-9(5-8)14(18,19)20)11-6-10(24-23-11)1-2-22-12(21)25/h3-5,10H,1-2,6H2,(H3,21,22,25). The first kappa shape index (κ1) is 19.3. The summed E-state index contributed by atoms with van der Waals surface area (Å²) in [5.41, 5.74) is 2.22. The molecule has 0 fully saturated rings. The maximum absolute atomic E-state index is 12.9. The van der Waals surface area contributed by atoms with E-state index in [4.69, 9.17) is 10.6 Å². The van der Waals surface area contributed by atoms with Crippen LogP contribution in [0, 0.1) is 0 Å². The van der Waals surface area contributed by atoms with E-state index in [2.05, 4.69) is 22.7 Å². The van der Waals surface area contributed by atoms with E-state index in [1.807, 2.05) is 0 Å². The third-order valence-electron chi connectivity index (χ3n) is 3.42. The third-order valence-corrected chi connectivity index (χ3v) is 3.56. The Hall–Kier alpha value is -2.04. The van der Waals surface area contributed by atoms with Crippen molar-refractivity contribution in [2.24, 2.45) is 10.9 Å². The normalized spacial score (nSPS) is 17.8. The molecule has 0 radical (unpaired) electrons. The smallest absolute Gasteiger partial charge is 0.392 e. The van der Waals surface area contributed by atoms with Crippen molar-refractivity contribution in [3.05, 3.63) is 34.9 Å². The van der Waals surface area contributed by atoms with E-state index in [-0.39, 0.29) is 28.9 Å². The molecule has 0 aromatic heterocycles. The van der Waals surface area contributed by atoms with Crippen LogP contribution >= 0.6 is 12.2 Å². The van der Waals surface area contributed by atoms with Crippen molar-refractivity contribution in [3.8, 4) is 0 Å². The Labute approximate surface area is 144 Å². The average molecular weight is 385 g/mol. The second-order valence-electron chi connectivity index (χ2n) is 5.34. The maximum Gasteiger partial charge on any atom is 0.416 e. The summed E-state index contributed by atoms with van der Waals surface area (Å²) in [5, 5.41) is 6.36. The zero-order chi connectivity index (χ0) is 18.8. The predicted molar refractivity (Wildman–Crippen MR) is 81.9 cm³/mol. The molecule has 1 aromatic rings. The van der Waals surface area contributed by atoms with Crippen LogP contribution in [-0.2, 0) is 17.2 Å². The van der Waals surface area contributed by atoms with E-state index in [1.54, 1.807) is 0 Å². The number of oxime groups is 1. The summed E-state index contributed by atoms with van der Waals surface area (Å²) in [5.74, 6) is 0. The molecule has 25 heavy (non-hydrogen) atoms. The molecule has 0 saturated carbocycles. The van der Waals surface area contributed by atoms with Crippen molar-refractivity contribution in [2.75, 3.05) is 6.54 Å². The zero-order valence-electron chi connectivity index (χ0n) is 12.5. The first-order valence-electron chi connectivity index (χ1n) is 7.02. The first-order chi connectivity index (χ1) is 11.5. The van der Waals surface area contributed by atoms with Crippen molar-refractivity contribution in [1.82, 2.24) is 5.32 Å². The number of benzene rings is 1. The van der Waals surface area contributed by atoms with Crippen molar-refractivity contribution in [1.29, 1.82) is 0 Å². The quantitative estimate of drug-likeness (QED) is 0.616. The van der Waals surface area contributed by atoms with Gasteiger partial charge in [0.05, 0.1) is 16.8 Å². The average Bonchev–Trinajstić information content (AvgIpc) is 2.93. The van der Waals surface area contributed by atoms with E-state index in [9.17, 15) is 26.3 Å². The zero-order valence-corrected chi connectivity index (χ0v) is 13.4. The highest BCUT2D eigenvalue weighted by Gasteiger charge is 2.37. The molecule has 1 aromatic carbocycles. The minimum atomic E-state index is -4.91. The molecule has 0 bridgehead atoms. The molecule has 1 unspecified atom stereocenters. The summed E-state index contributed by atoms with van der Waals surface area (Å²) in [6.45, 7) is 0.346. The Morgan fingerprint density at radius 2 is 1.72 bits per heavy atom. The number of hydrogen-bond donors (Lipinski definition) is 2. The minimum absolute atomic E-state index is 0.0249. The molecule has 138 valence electrons. The van der Waals surface area contributed by atoms with Gasteiger partial charge in [-0.25, -0.2) is 0 Å². The Kier molecular flexibility index (Phi) is 5.45. The van der Waals surface area contributed by atoms with Gasteiger partial charge in [-0.15, -0.1) is 0 Å². The molecule has 1 heterocycles. The number of thiocarbonyl (C=S) groups is 1. The number of nitrogens with zero attached hydrogens (tertiary/aromatic N) is 1. The molecule has 4 nitrogen and oxygen atoms in total. The van der Waals surface area contributed by atoms with Crippen molar-refractivity contribution < 1.29 is 31.2 Å². The molecule has 0 spiro atoms. The monoisotopic (exact) mass is 385 g/mol. The number of alkyl halides is 6. The van der Waals surface area contributed by atoms with Crippen LogP contribution in [0.15, 0.2) is 23.4 Å². The number of halogens is 6. The molecular formula is C14H13F6N3OS. The SMILES string of the molecule is NC(=S)NCCC1CC(c2cc(C(F)(F)F)cc(C(F)(F)F)c2)=NO1. The highest BCUT2D eigenvalue weighted by molar-refractivity contribution is 7.80. The largest absolute Gasteiger partial charge is 0.416 e. The fourth-order valence-electron chi connectivity index (χ4n) is 2.23. The topological polar surface area (TPSA) is 59.6 Å². The Balaban J connectivity index is 2.20. The lowest BCUT2D eigenvalue weighted by Crippen LogP contribution is -2.31. The molecule has 0 amide bonds.